The molecule has 0 saturated carbocycles. The van der Waals surface area contributed by atoms with Crippen LogP contribution in [0, 0.1) is 18.7 Å². The highest BCUT2D eigenvalue weighted by atomic mass is 19.1. The summed E-state index contributed by atoms with van der Waals surface area (Å²) in [4.78, 5) is 0. The van der Waals surface area contributed by atoms with Gasteiger partial charge >= 0.3 is 0 Å². The van der Waals surface area contributed by atoms with E-state index in [1.165, 1.54) is 12.1 Å². The van der Waals surface area contributed by atoms with E-state index in [0.29, 0.717) is 12.5 Å². The van der Waals surface area contributed by atoms with E-state index in [-0.39, 0.29) is 5.82 Å². The predicted octanol–water partition coefficient (Wildman–Crippen LogP) is 2.46. The summed E-state index contributed by atoms with van der Waals surface area (Å²) in [6.45, 7) is 7.82. The maximum absolute atomic E-state index is 13.1. The van der Waals surface area contributed by atoms with Crippen molar-refractivity contribution in [2.24, 2.45) is 5.92 Å². The fourth-order valence-corrected chi connectivity index (χ4v) is 1.93. The Morgan fingerprint density at radius 2 is 2.16 bits per heavy atom. The topological polar surface area (TPSA) is 42.7 Å². The van der Waals surface area contributed by atoms with Crippen LogP contribution in [0.25, 0.3) is 5.69 Å². The highest BCUT2D eigenvalue weighted by Gasteiger charge is 2.09. The zero-order chi connectivity index (χ0) is 13.8. The Hall–Kier alpha value is -1.75. The summed E-state index contributed by atoms with van der Waals surface area (Å²) in [6, 6.07) is 4.67. The molecule has 0 aliphatic rings. The molecular weight excluding hydrogens is 243 g/mol. The lowest BCUT2D eigenvalue weighted by molar-refractivity contribution is 0.542. The van der Waals surface area contributed by atoms with Crippen LogP contribution in [0.4, 0.5) is 4.39 Å². The van der Waals surface area contributed by atoms with Crippen molar-refractivity contribution in [2.45, 2.75) is 27.3 Å². The lowest BCUT2D eigenvalue weighted by atomic mass is 10.2. The molecule has 0 saturated heterocycles. The number of nitrogens with zero attached hydrogens (tertiary/aromatic N) is 3. The first-order chi connectivity index (χ1) is 9.08. The Balaban J connectivity index is 2.19. The van der Waals surface area contributed by atoms with Crippen molar-refractivity contribution in [1.82, 2.24) is 20.3 Å². The molecular formula is C14H19FN4. The van der Waals surface area contributed by atoms with Crippen LogP contribution in [-0.2, 0) is 6.54 Å². The molecule has 0 aliphatic carbocycles. The molecule has 5 heteroatoms. The summed E-state index contributed by atoms with van der Waals surface area (Å²) in [6.07, 6.45) is 1.73. The molecule has 1 N–H and O–H groups in total. The van der Waals surface area contributed by atoms with Crippen molar-refractivity contribution in [3.05, 3.63) is 41.5 Å². The Morgan fingerprint density at radius 3 is 2.84 bits per heavy atom. The number of hydrogen-bond acceptors (Lipinski definition) is 3. The van der Waals surface area contributed by atoms with Gasteiger partial charge in [0.25, 0.3) is 0 Å². The second kappa shape index (κ2) is 5.93. The number of halogens is 1. The van der Waals surface area contributed by atoms with E-state index in [1.54, 1.807) is 16.9 Å². The van der Waals surface area contributed by atoms with Gasteiger partial charge in [0.15, 0.2) is 0 Å². The normalized spacial score (nSPS) is 11.2. The number of benzene rings is 1. The third-order valence-corrected chi connectivity index (χ3v) is 2.87. The molecule has 0 radical (unpaired) electrons. The molecule has 102 valence electrons. The fraction of sp³-hybridized carbons (Fsp3) is 0.429. The summed E-state index contributed by atoms with van der Waals surface area (Å²) in [5, 5.41) is 11.4. The number of aromatic nitrogens is 3. The molecule has 1 aromatic carbocycles. The van der Waals surface area contributed by atoms with E-state index < -0.39 is 0 Å². The van der Waals surface area contributed by atoms with Crippen LogP contribution in [0.3, 0.4) is 0 Å². The van der Waals surface area contributed by atoms with Gasteiger partial charge in [-0.2, -0.15) is 0 Å². The Labute approximate surface area is 112 Å². The highest BCUT2D eigenvalue weighted by Crippen LogP contribution is 2.16. The Morgan fingerprint density at radius 1 is 1.37 bits per heavy atom. The minimum absolute atomic E-state index is 0.235. The number of rotatable bonds is 5. The van der Waals surface area contributed by atoms with E-state index in [1.807, 2.05) is 6.92 Å². The third kappa shape index (κ3) is 3.38. The average molecular weight is 262 g/mol. The van der Waals surface area contributed by atoms with Crippen LogP contribution >= 0.6 is 0 Å². The van der Waals surface area contributed by atoms with Crippen LogP contribution in [0.15, 0.2) is 24.4 Å². The second-order valence-electron chi connectivity index (χ2n) is 5.09. The molecule has 0 bridgehead atoms. The number of nitrogens with one attached hydrogen (secondary N) is 1. The van der Waals surface area contributed by atoms with Crippen molar-refractivity contribution in [3.63, 3.8) is 0 Å². The maximum Gasteiger partial charge on any atom is 0.123 e. The van der Waals surface area contributed by atoms with Crippen molar-refractivity contribution < 1.29 is 4.39 Å². The lowest BCUT2D eigenvalue weighted by Crippen LogP contribution is -2.21. The number of hydrogen-bond donors (Lipinski definition) is 1. The molecule has 1 heterocycles. The lowest BCUT2D eigenvalue weighted by Gasteiger charge is -2.11. The van der Waals surface area contributed by atoms with E-state index in [2.05, 4.69) is 29.5 Å². The fourth-order valence-electron chi connectivity index (χ4n) is 1.93. The molecule has 4 nitrogen and oxygen atoms in total. The van der Waals surface area contributed by atoms with Crippen LogP contribution in [0.2, 0.25) is 0 Å². The summed E-state index contributed by atoms with van der Waals surface area (Å²) in [5.41, 5.74) is 2.67. The molecule has 2 aromatic rings. The van der Waals surface area contributed by atoms with Crippen LogP contribution in [0.5, 0.6) is 0 Å². The smallest absolute Gasteiger partial charge is 0.123 e. The SMILES string of the molecule is Cc1cc(F)ccc1-n1nncc1CNCC(C)C. The van der Waals surface area contributed by atoms with Gasteiger partial charge < -0.3 is 5.32 Å². The summed E-state index contributed by atoms with van der Waals surface area (Å²) >= 11 is 0. The van der Waals surface area contributed by atoms with Gasteiger partial charge in [-0.15, -0.1) is 5.10 Å². The largest absolute Gasteiger partial charge is 0.311 e. The van der Waals surface area contributed by atoms with E-state index in [4.69, 9.17) is 0 Å². The van der Waals surface area contributed by atoms with Gasteiger partial charge in [-0.25, -0.2) is 9.07 Å². The highest BCUT2D eigenvalue weighted by molar-refractivity contribution is 5.40. The first-order valence-electron chi connectivity index (χ1n) is 6.44. The van der Waals surface area contributed by atoms with Crippen LogP contribution in [-0.4, -0.2) is 21.5 Å². The molecule has 0 aliphatic heterocycles. The monoisotopic (exact) mass is 262 g/mol. The molecule has 2 rings (SSSR count). The van der Waals surface area contributed by atoms with Gasteiger partial charge in [-0.1, -0.05) is 19.1 Å². The van der Waals surface area contributed by atoms with Crippen LogP contribution < -0.4 is 5.32 Å². The van der Waals surface area contributed by atoms with Gasteiger partial charge in [-0.05, 0) is 43.1 Å². The van der Waals surface area contributed by atoms with Crippen LogP contribution in [0.1, 0.15) is 25.1 Å². The van der Waals surface area contributed by atoms with E-state index >= 15 is 0 Å². The number of aryl methyl sites for hydroxylation is 1. The zero-order valence-corrected chi connectivity index (χ0v) is 11.5. The standard InChI is InChI=1S/C14H19FN4/c1-10(2)7-16-8-13-9-17-18-19(13)14-5-4-12(15)6-11(14)3/h4-6,9-10,16H,7-8H2,1-3H3. The van der Waals surface area contributed by atoms with Gasteiger partial charge in [0.1, 0.15) is 5.82 Å². The predicted molar refractivity (Wildman–Crippen MR) is 72.6 cm³/mol. The maximum atomic E-state index is 13.1. The molecule has 19 heavy (non-hydrogen) atoms. The van der Waals surface area contributed by atoms with Gasteiger partial charge in [0, 0.05) is 6.54 Å². The Bertz CT molecular complexity index is 548. The van der Waals surface area contributed by atoms with Crippen molar-refractivity contribution in [3.8, 4) is 5.69 Å². The van der Waals surface area contributed by atoms with Crippen molar-refractivity contribution >= 4 is 0 Å². The van der Waals surface area contributed by atoms with Gasteiger partial charge in [0.2, 0.25) is 0 Å². The quantitative estimate of drug-likeness (QED) is 0.900. The second-order valence-corrected chi connectivity index (χ2v) is 5.09. The summed E-state index contributed by atoms with van der Waals surface area (Å²) < 4.78 is 14.9. The summed E-state index contributed by atoms with van der Waals surface area (Å²) in [5.74, 6) is 0.359. The van der Waals surface area contributed by atoms with E-state index in [9.17, 15) is 4.39 Å². The minimum atomic E-state index is -0.235. The molecule has 0 amide bonds. The van der Waals surface area contributed by atoms with Gasteiger partial charge in [-0.3, -0.25) is 0 Å². The molecule has 1 aromatic heterocycles. The zero-order valence-electron chi connectivity index (χ0n) is 11.5. The molecule has 0 unspecified atom stereocenters. The van der Waals surface area contributed by atoms with E-state index in [0.717, 1.165) is 23.5 Å². The van der Waals surface area contributed by atoms with Gasteiger partial charge in [0.05, 0.1) is 17.6 Å². The van der Waals surface area contributed by atoms with Crippen molar-refractivity contribution in [1.29, 1.82) is 0 Å². The summed E-state index contributed by atoms with van der Waals surface area (Å²) in [7, 11) is 0. The molecule has 0 spiro atoms. The minimum Gasteiger partial charge on any atom is -0.311 e. The molecule has 0 fully saturated rings. The third-order valence-electron chi connectivity index (χ3n) is 2.87. The first kappa shape index (κ1) is 13.7. The first-order valence-corrected chi connectivity index (χ1v) is 6.44. The average Bonchev–Trinajstić information content (AvgIpc) is 2.77. The molecule has 0 atom stereocenters. The Kier molecular flexibility index (Phi) is 4.27. The van der Waals surface area contributed by atoms with Crippen molar-refractivity contribution in [2.75, 3.05) is 6.54 Å².